The molecule has 0 aliphatic heterocycles. The largest absolute Gasteiger partial charge is 0.350 e. The van der Waals surface area contributed by atoms with Crippen LogP contribution < -0.4 is 5.32 Å². The van der Waals surface area contributed by atoms with Crippen molar-refractivity contribution in [1.29, 1.82) is 0 Å². The number of carbonyl (C=O) groups excluding carboxylic acids is 2. The highest BCUT2D eigenvalue weighted by atomic mass is 35.5. The number of hydrogen-bond donors (Lipinski definition) is 1. The summed E-state index contributed by atoms with van der Waals surface area (Å²) in [6.45, 7) is 5.90. The Hall–Kier alpha value is -3.18. The first-order valence-electron chi connectivity index (χ1n) is 11.2. The molecule has 3 aromatic carbocycles. The van der Waals surface area contributed by atoms with Crippen molar-refractivity contribution in [2.24, 2.45) is 0 Å². The molecule has 3 aromatic rings. The summed E-state index contributed by atoms with van der Waals surface area (Å²) in [6, 6.07) is 22.0. The van der Waals surface area contributed by atoms with Gasteiger partial charge in [-0.1, -0.05) is 66.2 Å². The van der Waals surface area contributed by atoms with Crippen LogP contribution in [0.4, 0.5) is 4.39 Å². The van der Waals surface area contributed by atoms with Gasteiger partial charge in [0.25, 0.3) is 0 Å². The quantitative estimate of drug-likeness (QED) is 0.457. The van der Waals surface area contributed by atoms with Crippen LogP contribution in [0.15, 0.2) is 78.9 Å². The predicted octanol–water partition coefficient (Wildman–Crippen LogP) is 5.58. The molecule has 0 saturated carbocycles. The highest BCUT2D eigenvalue weighted by molar-refractivity contribution is 6.30. The third-order valence-corrected chi connectivity index (χ3v) is 5.56. The van der Waals surface area contributed by atoms with Gasteiger partial charge >= 0.3 is 0 Å². The Morgan fingerprint density at radius 3 is 2.06 bits per heavy atom. The van der Waals surface area contributed by atoms with Crippen molar-refractivity contribution < 1.29 is 14.0 Å². The lowest BCUT2D eigenvalue weighted by molar-refractivity contribution is -0.141. The second-order valence-corrected chi connectivity index (χ2v) is 9.83. The smallest absolute Gasteiger partial charge is 0.243 e. The zero-order valence-electron chi connectivity index (χ0n) is 19.7. The fourth-order valence-corrected chi connectivity index (χ4v) is 3.80. The number of hydrogen-bond acceptors (Lipinski definition) is 2. The van der Waals surface area contributed by atoms with Crippen LogP contribution in [-0.4, -0.2) is 28.3 Å². The topological polar surface area (TPSA) is 49.4 Å². The number of halogens is 2. The second kappa shape index (κ2) is 11.3. The van der Waals surface area contributed by atoms with Crippen LogP contribution in [0.25, 0.3) is 0 Å². The third-order valence-electron chi connectivity index (χ3n) is 5.30. The van der Waals surface area contributed by atoms with Gasteiger partial charge in [0.2, 0.25) is 11.8 Å². The van der Waals surface area contributed by atoms with E-state index in [1.165, 1.54) is 12.1 Å². The SMILES string of the molecule is CC(C)(C)NC(=O)C(Cc1ccccc1)N(Cc1ccc(F)cc1)C(=O)Cc1ccc(Cl)cc1. The molecule has 0 aliphatic carbocycles. The van der Waals surface area contributed by atoms with Gasteiger partial charge in [0.1, 0.15) is 11.9 Å². The second-order valence-electron chi connectivity index (χ2n) is 9.40. The maximum Gasteiger partial charge on any atom is 0.243 e. The standard InChI is InChI=1S/C28H30ClFN2O2/c1-28(2,3)31-27(34)25(17-20-7-5-4-6-8-20)32(19-22-11-15-24(30)16-12-22)26(33)18-21-9-13-23(29)14-10-21/h4-16,25H,17-19H2,1-3H3,(H,31,34). The van der Waals surface area contributed by atoms with E-state index in [4.69, 9.17) is 11.6 Å². The fourth-order valence-electron chi connectivity index (χ4n) is 3.67. The van der Waals surface area contributed by atoms with Gasteiger partial charge < -0.3 is 10.2 Å². The maximum absolute atomic E-state index is 13.6. The zero-order chi connectivity index (χ0) is 24.7. The van der Waals surface area contributed by atoms with Crippen molar-refractivity contribution in [3.8, 4) is 0 Å². The molecule has 0 heterocycles. The minimum absolute atomic E-state index is 0.118. The summed E-state index contributed by atoms with van der Waals surface area (Å²) in [4.78, 5) is 28.7. The molecule has 1 N–H and O–H groups in total. The first-order chi connectivity index (χ1) is 16.1. The summed E-state index contributed by atoms with van der Waals surface area (Å²) in [6.07, 6.45) is 0.475. The van der Waals surface area contributed by atoms with Gasteiger partial charge in [-0.05, 0) is 61.7 Å². The van der Waals surface area contributed by atoms with E-state index >= 15 is 0 Å². The Morgan fingerprint density at radius 1 is 0.882 bits per heavy atom. The highest BCUT2D eigenvalue weighted by Gasteiger charge is 2.32. The Labute approximate surface area is 205 Å². The van der Waals surface area contributed by atoms with Crippen LogP contribution >= 0.6 is 11.6 Å². The van der Waals surface area contributed by atoms with Crippen molar-refractivity contribution in [1.82, 2.24) is 10.2 Å². The molecule has 2 amide bonds. The number of rotatable bonds is 8. The Kier molecular flexibility index (Phi) is 8.46. The van der Waals surface area contributed by atoms with Crippen LogP contribution in [0.5, 0.6) is 0 Å². The summed E-state index contributed by atoms with van der Waals surface area (Å²) >= 11 is 6.00. The first-order valence-corrected chi connectivity index (χ1v) is 11.6. The van der Waals surface area contributed by atoms with Crippen molar-refractivity contribution in [3.05, 3.63) is 106 Å². The molecular formula is C28H30ClFN2O2. The van der Waals surface area contributed by atoms with E-state index in [1.807, 2.05) is 51.1 Å². The number of nitrogens with one attached hydrogen (secondary N) is 1. The van der Waals surface area contributed by atoms with E-state index in [1.54, 1.807) is 41.3 Å². The zero-order valence-corrected chi connectivity index (χ0v) is 20.5. The molecule has 0 aromatic heterocycles. The maximum atomic E-state index is 13.6. The van der Waals surface area contributed by atoms with Crippen LogP contribution in [0.2, 0.25) is 5.02 Å². The normalized spacial score (nSPS) is 12.1. The highest BCUT2D eigenvalue weighted by Crippen LogP contribution is 2.18. The van der Waals surface area contributed by atoms with Gasteiger partial charge in [-0.2, -0.15) is 0 Å². The van der Waals surface area contributed by atoms with Crippen LogP contribution in [0.3, 0.4) is 0 Å². The van der Waals surface area contributed by atoms with Gasteiger partial charge in [0.15, 0.2) is 0 Å². The summed E-state index contributed by atoms with van der Waals surface area (Å²) < 4.78 is 13.5. The average Bonchev–Trinajstić information content (AvgIpc) is 2.78. The van der Waals surface area contributed by atoms with Crippen molar-refractivity contribution >= 4 is 23.4 Å². The van der Waals surface area contributed by atoms with Gasteiger partial charge in [0.05, 0.1) is 6.42 Å². The van der Waals surface area contributed by atoms with E-state index in [0.29, 0.717) is 11.4 Å². The molecule has 0 aliphatic rings. The van der Waals surface area contributed by atoms with Gasteiger partial charge in [-0.15, -0.1) is 0 Å². The summed E-state index contributed by atoms with van der Waals surface area (Å²) in [5.74, 6) is -0.784. The van der Waals surface area contributed by atoms with E-state index in [2.05, 4.69) is 5.32 Å². The monoisotopic (exact) mass is 480 g/mol. The minimum Gasteiger partial charge on any atom is -0.350 e. The molecule has 1 unspecified atom stereocenters. The molecule has 178 valence electrons. The van der Waals surface area contributed by atoms with Crippen molar-refractivity contribution in [2.45, 2.75) is 51.7 Å². The van der Waals surface area contributed by atoms with Gasteiger partial charge in [-0.3, -0.25) is 9.59 Å². The number of nitrogens with zero attached hydrogens (tertiary/aromatic N) is 1. The molecule has 3 rings (SSSR count). The molecule has 34 heavy (non-hydrogen) atoms. The average molecular weight is 481 g/mol. The number of carbonyl (C=O) groups is 2. The van der Waals surface area contributed by atoms with Crippen LogP contribution in [0.1, 0.15) is 37.5 Å². The lowest BCUT2D eigenvalue weighted by Crippen LogP contribution is -2.54. The summed E-state index contributed by atoms with van der Waals surface area (Å²) in [7, 11) is 0. The number of amides is 2. The lowest BCUT2D eigenvalue weighted by Gasteiger charge is -2.34. The Morgan fingerprint density at radius 2 is 1.47 bits per heavy atom. The summed E-state index contributed by atoms with van der Waals surface area (Å²) in [5, 5.41) is 3.62. The molecule has 0 bridgehead atoms. The summed E-state index contributed by atoms with van der Waals surface area (Å²) in [5.41, 5.74) is 2.02. The predicted molar refractivity (Wildman–Crippen MR) is 134 cm³/mol. The molecule has 1 atom stereocenters. The number of benzene rings is 3. The molecule has 0 saturated heterocycles. The molecule has 0 fully saturated rings. The molecular weight excluding hydrogens is 451 g/mol. The molecule has 0 radical (unpaired) electrons. The van der Waals surface area contributed by atoms with E-state index in [0.717, 1.165) is 16.7 Å². The molecule has 6 heteroatoms. The Balaban J connectivity index is 1.97. The first kappa shape index (κ1) is 25.4. The van der Waals surface area contributed by atoms with E-state index < -0.39 is 11.6 Å². The Bertz CT molecular complexity index is 1090. The van der Waals surface area contributed by atoms with Crippen molar-refractivity contribution in [2.75, 3.05) is 0 Å². The van der Waals surface area contributed by atoms with Gasteiger partial charge in [0, 0.05) is 23.5 Å². The third kappa shape index (κ3) is 7.70. The van der Waals surface area contributed by atoms with E-state index in [-0.39, 0.29) is 30.6 Å². The van der Waals surface area contributed by atoms with E-state index in [9.17, 15) is 14.0 Å². The molecule has 4 nitrogen and oxygen atoms in total. The van der Waals surface area contributed by atoms with Gasteiger partial charge in [-0.25, -0.2) is 4.39 Å². The van der Waals surface area contributed by atoms with Crippen molar-refractivity contribution in [3.63, 3.8) is 0 Å². The minimum atomic E-state index is -0.744. The van der Waals surface area contributed by atoms with Crippen LogP contribution in [-0.2, 0) is 29.0 Å². The fraction of sp³-hybridized carbons (Fsp3) is 0.286. The molecule has 0 spiro atoms. The lowest BCUT2D eigenvalue weighted by atomic mass is 10.00. The van der Waals surface area contributed by atoms with Crippen LogP contribution in [0, 0.1) is 5.82 Å².